The molecule has 0 saturated carbocycles. The molecule has 0 aliphatic carbocycles. The summed E-state index contributed by atoms with van der Waals surface area (Å²) in [5.74, 6) is 0.344. The van der Waals surface area contributed by atoms with Gasteiger partial charge in [0.2, 0.25) is 5.91 Å². The number of nitrogens with two attached hydrogens (primary N) is 1. The average molecular weight is 287 g/mol. The van der Waals surface area contributed by atoms with Crippen molar-refractivity contribution >= 4 is 23.6 Å². The van der Waals surface area contributed by atoms with E-state index in [9.17, 15) is 9.59 Å². The van der Waals surface area contributed by atoms with Crippen LogP contribution in [0.3, 0.4) is 0 Å². The highest BCUT2D eigenvalue weighted by atomic mass is 32.2. The number of hydrogen-bond acceptors (Lipinski definition) is 5. The Morgan fingerprint density at radius 3 is 2.58 bits per heavy atom. The van der Waals surface area contributed by atoms with Crippen molar-refractivity contribution in [2.75, 3.05) is 37.7 Å². The molecule has 0 radical (unpaired) electrons. The van der Waals surface area contributed by atoms with Crippen LogP contribution in [-0.4, -0.2) is 76.6 Å². The van der Waals surface area contributed by atoms with E-state index in [1.807, 2.05) is 0 Å². The van der Waals surface area contributed by atoms with Crippen LogP contribution in [0.4, 0.5) is 0 Å². The number of piperidine rings is 1. The second kappa shape index (κ2) is 6.58. The molecule has 3 N–H and O–H groups in total. The maximum atomic E-state index is 12.2. The van der Waals surface area contributed by atoms with Crippen molar-refractivity contribution in [1.29, 1.82) is 0 Å². The normalized spacial score (nSPS) is 26.4. The molecule has 0 aromatic carbocycles. The molecule has 0 spiro atoms. The fraction of sp³-hybridized carbons (Fsp3) is 0.833. The summed E-state index contributed by atoms with van der Waals surface area (Å²) in [5, 5.41) is 9.16. The second-order valence-corrected chi connectivity index (χ2v) is 6.28. The largest absolute Gasteiger partial charge is 0.480 e. The van der Waals surface area contributed by atoms with E-state index in [1.165, 1.54) is 4.90 Å². The molecule has 6 nitrogen and oxygen atoms in total. The lowest BCUT2D eigenvalue weighted by Gasteiger charge is -2.35. The molecule has 2 heterocycles. The van der Waals surface area contributed by atoms with Crippen molar-refractivity contribution in [3.8, 4) is 0 Å². The van der Waals surface area contributed by atoms with Crippen LogP contribution in [0, 0.1) is 0 Å². The molecular formula is C12H21N3O3S. The van der Waals surface area contributed by atoms with E-state index >= 15 is 0 Å². The second-order valence-electron chi connectivity index (χ2n) is 5.13. The summed E-state index contributed by atoms with van der Waals surface area (Å²) in [6, 6.07) is -0.428. The number of carbonyl (C=O) groups is 2. The average Bonchev–Trinajstić information content (AvgIpc) is 2.41. The summed E-state index contributed by atoms with van der Waals surface area (Å²) in [4.78, 5) is 27.0. The van der Waals surface area contributed by atoms with Crippen LogP contribution in [0.5, 0.6) is 0 Å². The van der Waals surface area contributed by atoms with Gasteiger partial charge in [-0.2, -0.15) is 11.8 Å². The highest BCUT2D eigenvalue weighted by molar-refractivity contribution is 7.99. The monoisotopic (exact) mass is 287 g/mol. The summed E-state index contributed by atoms with van der Waals surface area (Å²) >= 11 is 1.59. The highest BCUT2D eigenvalue weighted by Crippen LogP contribution is 2.17. The molecule has 0 bridgehead atoms. The van der Waals surface area contributed by atoms with Gasteiger partial charge in [-0.05, 0) is 12.8 Å². The summed E-state index contributed by atoms with van der Waals surface area (Å²) in [6.07, 6.45) is 1.82. The fourth-order valence-corrected chi connectivity index (χ4v) is 3.54. The van der Waals surface area contributed by atoms with Gasteiger partial charge < -0.3 is 15.7 Å². The van der Waals surface area contributed by atoms with E-state index in [4.69, 9.17) is 10.8 Å². The molecule has 2 fully saturated rings. The third kappa shape index (κ3) is 3.84. The van der Waals surface area contributed by atoms with Gasteiger partial charge in [-0.15, -0.1) is 0 Å². The molecule has 108 valence electrons. The minimum atomic E-state index is -0.902. The molecule has 7 heteroatoms. The van der Waals surface area contributed by atoms with Crippen LogP contribution in [0.1, 0.15) is 12.8 Å². The van der Waals surface area contributed by atoms with Gasteiger partial charge in [-0.25, -0.2) is 4.79 Å². The van der Waals surface area contributed by atoms with Crippen molar-refractivity contribution in [3.63, 3.8) is 0 Å². The SMILES string of the molecule is NC1CCN(CC(=O)N2CCSCC2C(=O)O)CC1. The zero-order valence-electron chi connectivity index (χ0n) is 11.0. The number of thioether (sulfide) groups is 1. The summed E-state index contributed by atoms with van der Waals surface area (Å²) in [6.45, 7) is 2.51. The Morgan fingerprint density at radius 2 is 1.95 bits per heavy atom. The first-order valence-corrected chi connectivity index (χ1v) is 7.81. The quantitative estimate of drug-likeness (QED) is 0.723. The van der Waals surface area contributed by atoms with Crippen molar-refractivity contribution in [3.05, 3.63) is 0 Å². The van der Waals surface area contributed by atoms with Crippen LogP contribution in [0.25, 0.3) is 0 Å². The number of rotatable bonds is 3. The summed E-state index contributed by atoms with van der Waals surface area (Å²) < 4.78 is 0. The van der Waals surface area contributed by atoms with E-state index in [1.54, 1.807) is 11.8 Å². The Balaban J connectivity index is 1.89. The predicted molar refractivity (Wildman–Crippen MR) is 74.1 cm³/mol. The maximum Gasteiger partial charge on any atom is 0.327 e. The minimum Gasteiger partial charge on any atom is -0.480 e. The number of aliphatic carboxylic acids is 1. The molecule has 1 unspecified atom stereocenters. The molecular weight excluding hydrogens is 266 g/mol. The highest BCUT2D eigenvalue weighted by Gasteiger charge is 2.33. The number of carboxylic acid groups (broad SMARTS) is 1. The van der Waals surface area contributed by atoms with Crippen LogP contribution in [-0.2, 0) is 9.59 Å². The third-order valence-electron chi connectivity index (χ3n) is 3.72. The van der Waals surface area contributed by atoms with E-state index in [0.29, 0.717) is 18.8 Å². The molecule has 2 aliphatic rings. The number of likely N-dealkylation sites (tertiary alicyclic amines) is 1. The Bertz CT molecular complexity index is 345. The standard InChI is InChI=1S/C12H21N3O3S/c13-9-1-3-14(4-2-9)7-11(16)15-5-6-19-8-10(15)12(17)18/h9-10H,1-8,13H2,(H,17,18). The van der Waals surface area contributed by atoms with E-state index in [0.717, 1.165) is 31.7 Å². The van der Waals surface area contributed by atoms with Crippen molar-refractivity contribution in [2.45, 2.75) is 24.9 Å². The smallest absolute Gasteiger partial charge is 0.327 e. The topological polar surface area (TPSA) is 86.9 Å². The van der Waals surface area contributed by atoms with Gasteiger partial charge >= 0.3 is 5.97 Å². The maximum absolute atomic E-state index is 12.2. The number of amides is 1. The van der Waals surface area contributed by atoms with Crippen LogP contribution in [0.2, 0.25) is 0 Å². The first-order chi connectivity index (χ1) is 9.08. The Kier molecular flexibility index (Phi) is 5.06. The molecule has 0 aromatic heterocycles. The first kappa shape index (κ1) is 14.6. The number of nitrogens with zero attached hydrogens (tertiary/aromatic N) is 2. The Hall–Kier alpha value is -0.790. The molecule has 2 aliphatic heterocycles. The lowest BCUT2D eigenvalue weighted by Crippen LogP contribution is -2.54. The minimum absolute atomic E-state index is 0.0665. The number of carboxylic acids is 1. The van der Waals surface area contributed by atoms with Gasteiger partial charge in [0.15, 0.2) is 0 Å². The first-order valence-electron chi connectivity index (χ1n) is 6.66. The summed E-state index contributed by atoms with van der Waals surface area (Å²) in [7, 11) is 0. The van der Waals surface area contributed by atoms with E-state index in [2.05, 4.69) is 4.90 Å². The van der Waals surface area contributed by atoms with Gasteiger partial charge in [-0.3, -0.25) is 9.69 Å². The fourth-order valence-electron chi connectivity index (χ4n) is 2.50. The van der Waals surface area contributed by atoms with Gasteiger partial charge in [0.05, 0.1) is 6.54 Å². The van der Waals surface area contributed by atoms with Gasteiger partial charge in [0, 0.05) is 37.2 Å². The zero-order valence-corrected chi connectivity index (χ0v) is 11.8. The van der Waals surface area contributed by atoms with Gasteiger partial charge in [0.25, 0.3) is 0 Å². The van der Waals surface area contributed by atoms with Crippen molar-refractivity contribution in [1.82, 2.24) is 9.80 Å². The zero-order chi connectivity index (χ0) is 13.8. The van der Waals surface area contributed by atoms with Gasteiger partial charge in [-0.1, -0.05) is 0 Å². The molecule has 2 saturated heterocycles. The number of carbonyl (C=O) groups excluding carboxylic acids is 1. The lowest BCUT2D eigenvalue weighted by atomic mass is 10.1. The van der Waals surface area contributed by atoms with Crippen molar-refractivity contribution < 1.29 is 14.7 Å². The van der Waals surface area contributed by atoms with E-state index in [-0.39, 0.29) is 11.9 Å². The van der Waals surface area contributed by atoms with Crippen LogP contribution >= 0.6 is 11.8 Å². The summed E-state index contributed by atoms with van der Waals surface area (Å²) in [5.41, 5.74) is 5.83. The third-order valence-corrected chi connectivity index (χ3v) is 4.75. The predicted octanol–water partition coefficient (Wildman–Crippen LogP) is -0.562. The molecule has 1 atom stereocenters. The number of hydrogen-bond donors (Lipinski definition) is 2. The lowest BCUT2D eigenvalue weighted by molar-refractivity contribution is -0.149. The van der Waals surface area contributed by atoms with Gasteiger partial charge in [0.1, 0.15) is 6.04 Å². The molecule has 0 aromatic rings. The molecule has 19 heavy (non-hydrogen) atoms. The van der Waals surface area contributed by atoms with Crippen molar-refractivity contribution in [2.24, 2.45) is 5.73 Å². The van der Waals surface area contributed by atoms with Crippen LogP contribution in [0.15, 0.2) is 0 Å². The molecule has 1 amide bonds. The Morgan fingerprint density at radius 1 is 1.26 bits per heavy atom. The Labute approximate surface area is 117 Å². The van der Waals surface area contributed by atoms with E-state index < -0.39 is 12.0 Å². The molecule has 2 rings (SSSR count). The van der Waals surface area contributed by atoms with Crippen LogP contribution < -0.4 is 5.73 Å².